The molecule has 1 N–H and O–H groups in total. The molecule has 6 nitrogen and oxygen atoms in total. The van der Waals surface area contributed by atoms with Gasteiger partial charge in [-0.3, -0.25) is 9.52 Å². The maximum absolute atomic E-state index is 13.1. The number of anilines is 2. The number of sulfonamides is 1. The van der Waals surface area contributed by atoms with E-state index >= 15 is 0 Å². The molecule has 1 aliphatic heterocycles. The second-order valence-corrected chi connectivity index (χ2v) is 9.80. The molecule has 0 aliphatic carbocycles. The molecule has 166 valence electrons. The molecule has 1 aliphatic rings. The van der Waals surface area contributed by atoms with E-state index in [4.69, 9.17) is 0 Å². The topological polar surface area (TPSA) is 69.7 Å². The number of hydrogen-bond acceptors (Lipinski definition) is 4. The maximum Gasteiger partial charge on any atom is 0.261 e. The van der Waals surface area contributed by atoms with Gasteiger partial charge >= 0.3 is 0 Å². The van der Waals surface area contributed by atoms with Crippen molar-refractivity contribution in [2.45, 2.75) is 18.7 Å². The van der Waals surface area contributed by atoms with Crippen LogP contribution < -0.4 is 9.62 Å². The first kappa shape index (κ1) is 21.9. The molecule has 4 rings (SSSR count). The summed E-state index contributed by atoms with van der Waals surface area (Å²) in [5, 5.41) is 0. The third-order valence-corrected chi connectivity index (χ3v) is 7.02. The van der Waals surface area contributed by atoms with Crippen molar-refractivity contribution >= 4 is 27.3 Å². The Bertz CT molecular complexity index is 1220. The summed E-state index contributed by atoms with van der Waals surface area (Å²) in [6, 6.07) is 21.7. The molecule has 3 aromatic carbocycles. The number of benzene rings is 3. The summed E-state index contributed by atoms with van der Waals surface area (Å²) < 4.78 is 27.9. The zero-order valence-electron chi connectivity index (χ0n) is 18.3. The molecule has 0 radical (unpaired) electrons. The van der Waals surface area contributed by atoms with Gasteiger partial charge < -0.3 is 9.80 Å². The van der Waals surface area contributed by atoms with Crippen molar-refractivity contribution in [1.82, 2.24) is 4.90 Å². The van der Waals surface area contributed by atoms with Crippen LogP contribution in [0, 0.1) is 13.8 Å². The second-order valence-electron chi connectivity index (χ2n) is 8.12. The summed E-state index contributed by atoms with van der Waals surface area (Å²) in [5.74, 6) is -0.0923. The van der Waals surface area contributed by atoms with E-state index in [9.17, 15) is 13.2 Å². The first-order valence-corrected chi connectivity index (χ1v) is 12.1. The van der Waals surface area contributed by atoms with Crippen LogP contribution in [0.1, 0.15) is 21.5 Å². The third kappa shape index (κ3) is 4.94. The molecule has 7 heteroatoms. The minimum atomic E-state index is -3.72. The summed E-state index contributed by atoms with van der Waals surface area (Å²) in [6.45, 7) is 6.73. The number of rotatable bonds is 5. The van der Waals surface area contributed by atoms with E-state index in [2.05, 4.69) is 34.7 Å². The summed E-state index contributed by atoms with van der Waals surface area (Å²) in [7, 11) is -3.72. The first-order chi connectivity index (χ1) is 15.3. The maximum atomic E-state index is 13.1. The highest BCUT2D eigenvalue weighted by molar-refractivity contribution is 7.92. The van der Waals surface area contributed by atoms with Crippen LogP contribution in [0.25, 0.3) is 0 Å². The average molecular weight is 450 g/mol. The Balaban J connectivity index is 1.43. The lowest BCUT2D eigenvalue weighted by Gasteiger charge is -2.36. The Labute approximate surface area is 189 Å². The molecule has 0 aromatic heterocycles. The molecule has 0 bridgehead atoms. The fourth-order valence-electron chi connectivity index (χ4n) is 3.82. The van der Waals surface area contributed by atoms with Gasteiger partial charge in [0.15, 0.2) is 0 Å². The van der Waals surface area contributed by atoms with Crippen LogP contribution in [0.4, 0.5) is 11.4 Å². The summed E-state index contributed by atoms with van der Waals surface area (Å²) in [6.07, 6.45) is 0. The van der Waals surface area contributed by atoms with Gasteiger partial charge in [-0.05, 0) is 61.9 Å². The first-order valence-electron chi connectivity index (χ1n) is 10.6. The number of piperazine rings is 1. The average Bonchev–Trinajstić information content (AvgIpc) is 2.79. The lowest BCUT2D eigenvalue weighted by Crippen LogP contribution is -2.48. The Morgan fingerprint density at radius 1 is 0.812 bits per heavy atom. The lowest BCUT2D eigenvalue weighted by molar-refractivity contribution is 0.0747. The van der Waals surface area contributed by atoms with Crippen molar-refractivity contribution in [3.05, 3.63) is 89.5 Å². The van der Waals surface area contributed by atoms with Crippen LogP contribution >= 0.6 is 0 Å². The highest BCUT2D eigenvalue weighted by Gasteiger charge is 2.23. The van der Waals surface area contributed by atoms with Crippen LogP contribution in [0.15, 0.2) is 77.7 Å². The normalized spacial score (nSPS) is 14.3. The van der Waals surface area contributed by atoms with Gasteiger partial charge in [0.1, 0.15) is 0 Å². The van der Waals surface area contributed by atoms with Crippen LogP contribution in [-0.2, 0) is 10.0 Å². The largest absolute Gasteiger partial charge is 0.368 e. The molecule has 0 spiro atoms. The number of hydrogen-bond donors (Lipinski definition) is 1. The van der Waals surface area contributed by atoms with Crippen LogP contribution in [-0.4, -0.2) is 45.4 Å². The Hall–Kier alpha value is -3.32. The fraction of sp³-hybridized carbons (Fsp3) is 0.240. The van der Waals surface area contributed by atoms with Crippen molar-refractivity contribution in [1.29, 1.82) is 0 Å². The van der Waals surface area contributed by atoms with E-state index in [0.717, 1.165) is 18.7 Å². The fourth-order valence-corrected chi connectivity index (χ4v) is 4.87. The van der Waals surface area contributed by atoms with Gasteiger partial charge in [0.2, 0.25) is 0 Å². The van der Waals surface area contributed by atoms with Crippen LogP contribution in [0.5, 0.6) is 0 Å². The van der Waals surface area contributed by atoms with E-state index in [0.29, 0.717) is 24.3 Å². The number of nitrogens with zero attached hydrogens (tertiary/aromatic N) is 2. The van der Waals surface area contributed by atoms with Crippen molar-refractivity contribution in [3.63, 3.8) is 0 Å². The lowest BCUT2D eigenvalue weighted by atomic mass is 10.1. The molecule has 32 heavy (non-hydrogen) atoms. The summed E-state index contributed by atoms with van der Waals surface area (Å²) in [5.41, 5.74) is 4.21. The zero-order chi connectivity index (χ0) is 22.7. The molecule has 1 fully saturated rings. The quantitative estimate of drug-likeness (QED) is 0.638. The number of carbonyl (C=O) groups excluding carboxylic acids is 1. The van der Waals surface area contributed by atoms with Crippen LogP contribution in [0.2, 0.25) is 0 Å². The molecule has 0 saturated carbocycles. The van der Waals surface area contributed by atoms with Crippen molar-refractivity contribution in [2.75, 3.05) is 35.8 Å². The van der Waals surface area contributed by atoms with Gasteiger partial charge in [0.25, 0.3) is 15.9 Å². The number of nitrogens with one attached hydrogen (secondary N) is 1. The van der Waals surface area contributed by atoms with Gasteiger partial charge in [-0.25, -0.2) is 8.42 Å². The highest BCUT2D eigenvalue weighted by atomic mass is 32.2. The van der Waals surface area contributed by atoms with Gasteiger partial charge in [-0.15, -0.1) is 0 Å². The van der Waals surface area contributed by atoms with Gasteiger partial charge in [-0.2, -0.15) is 0 Å². The SMILES string of the molecule is Cc1ccc(S(=O)(=O)Nc2cccc(C(=O)N3CCN(c4cccc(C)c4)CC3)c2)cc1. The van der Waals surface area contributed by atoms with Crippen molar-refractivity contribution in [3.8, 4) is 0 Å². The molecular weight excluding hydrogens is 422 g/mol. The van der Waals surface area contributed by atoms with Gasteiger partial charge in [0, 0.05) is 43.1 Å². The minimum Gasteiger partial charge on any atom is -0.368 e. The van der Waals surface area contributed by atoms with E-state index in [1.165, 1.54) is 11.3 Å². The Morgan fingerprint density at radius 3 is 2.19 bits per heavy atom. The number of amides is 1. The number of carbonyl (C=O) groups is 1. The zero-order valence-corrected chi connectivity index (χ0v) is 19.1. The second kappa shape index (κ2) is 9.04. The molecule has 1 saturated heterocycles. The van der Waals surface area contributed by atoms with Crippen LogP contribution in [0.3, 0.4) is 0 Å². The van der Waals surface area contributed by atoms with Crippen molar-refractivity contribution in [2.24, 2.45) is 0 Å². The monoisotopic (exact) mass is 449 g/mol. The van der Waals surface area contributed by atoms with Gasteiger partial charge in [-0.1, -0.05) is 35.9 Å². The third-order valence-electron chi connectivity index (χ3n) is 5.63. The van der Waals surface area contributed by atoms with E-state index in [-0.39, 0.29) is 10.8 Å². The van der Waals surface area contributed by atoms with E-state index in [1.807, 2.05) is 17.9 Å². The smallest absolute Gasteiger partial charge is 0.261 e. The number of aryl methyl sites for hydroxylation is 2. The predicted molar refractivity (Wildman–Crippen MR) is 128 cm³/mol. The molecular formula is C25H27N3O3S. The van der Waals surface area contributed by atoms with Gasteiger partial charge in [0.05, 0.1) is 4.90 Å². The van der Waals surface area contributed by atoms with E-state index < -0.39 is 10.0 Å². The Morgan fingerprint density at radius 2 is 1.50 bits per heavy atom. The van der Waals surface area contributed by atoms with Crippen molar-refractivity contribution < 1.29 is 13.2 Å². The predicted octanol–water partition coefficient (Wildman–Crippen LogP) is 4.07. The summed E-state index contributed by atoms with van der Waals surface area (Å²) in [4.78, 5) is 17.3. The molecule has 3 aromatic rings. The summed E-state index contributed by atoms with van der Waals surface area (Å²) >= 11 is 0. The Kier molecular flexibility index (Phi) is 6.19. The van der Waals surface area contributed by atoms with E-state index in [1.54, 1.807) is 48.5 Å². The molecule has 0 atom stereocenters. The standard InChI is InChI=1S/C25H27N3O3S/c1-19-9-11-24(12-10-19)32(30,31)26-22-7-4-6-21(18-22)25(29)28-15-13-27(14-16-28)23-8-3-5-20(2)17-23/h3-12,17-18,26H,13-16H2,1-2H3. The minimum absolute atomic E-state index is 0.0923. The molecule has 1 amide bonds. The highest BCUT2D eigenvalue weighted by Crippen LogP contribution is 2.21. The molecule has 0 unspecified atom stereocenters. The molecule has 1 heterocycles.